The first-order chi connectivity index (χ1) is 9.10. The molecule has 0 heterocycles. The van der Waals surface area contributed by atoms with Crippen molar-refractivity contribution in [2.45, 2.75) is 19.4 Å². The third-order valence-corrected chi connectivity index (χ3v) is 3.48. The third kappa shape index (κ3) is 3.55. The van der Waals surface area contributed by atoms with Crippen LogP contribution < -0.4 is 10.5 Å². The van der Waals surface area contributed by atoms with Gasteiger partial charge in [-0.25, -0.2) is 4.39 Å². The Labute approximate surface area is 120 Å². The normalized spacial score (nSPS) is 12.2. The highest BCUT2D eigenvalue weighted by Crippen LogP contribution is 2.27. The van der Waals surface area contributed by atoms with Crippen LogP contribution >= 0.6 is 15.9 Å². The van der Waals surface area contributed by atoms with Gasteiger partial charge in [-0.3, -0.25) is 0 Å². The van der Waals surface area contributed by atoms with Gasteiger partial charge in [-0.1, -0.05) is 19.1 Å². The lowest BCUT2D eigenvalue weighted by molar-refractivity contribution is 0.479. The van der Waals surface area contributed by atoms with Crippen LogP contribution in [-0.2, 0) is 0 Å². The van der Waals surface area contributed by atoms with Crippen LogP contribution in [0.25, 0.3) is 0 Å². The fraction of sp³-hybridized carbons (Fsp3) is 0.200. The van der Waals surface area contributed by atoms with E-state index in [1.54, 1.807) is 12.1 Å². The van der Waals surface area contributed by atoms with Gasteiger partial charge in [-0.05, 0) is 58.2 Å². The first-order valence-electron chi connectivity index (χ1n) is 6.08. The van der Waals surface area contributed by atoms with Crippen molar-refractivity contribution >= 4 is 15.9 Å². The Bertz CT molecular complexity index is 557. The second-order valence-electron chi connectivity index (χ2n) is 4.26. The standard InChI is InChI=1S/C15H15BrFNO/c1-2-15(18)10-3-5-11(6-4-10)19-12-7-8-14(17)13(16)9-12/h3-9,15H,2,18H2,1H3/t15-/m1/s1. The van der Waals surface area contributed by atoms with Crippen LogP contribution in [0.15, 0.2) is 46.9 Å². The molecule has 0 bridgehead atoms. The summed E-state index contributed by atoms with van der Waals surface area (Å²) in [5, 5.41) is 0. The van der Waals surface area contributed by atoms with Crippen molar-refractivity contribution in [3.8, 4) is 11.5 Å². The maximum absolute atomic E-state index is 13.1. The van der Waals surface area contributed by atoms with Crippen LogP contribution in [0.3, 0.4) is 0 Å². The molecule has 0 radical (unpaired) electrons. The zero-order chi connectivity index (χ0) is 13.8. The number of hydrogen-bond donors (Lipinski definition) is 1. The number of benzene rings is 2. The van der Waals surface area contributed by atoms with Gasteiger partial charge in [0.2, 0.25) is 0 Å². The minimum absolute atomic E-state index is 0.0500. The smallest absolute Gasteiger partial charge is 0.137 e. The lowest BCUT2D eigenvalue weighted by Gasteiger charge is -2.11. The van der Waals surface area contributed by atoms with E-state index in [2.05, 4.69) is 15.9 Å². The first kappa shape index (κ1) is 14.0. The summed E-state index contributed by atoms with van der Waals surface area (Å²) in [4.78, 5) is 0. The molecular weight excluding hydrogens is 309 g/mol. The zero-order valence-corrected chi connectivity index (χ0v) is 12.2. The number of halogens is 2. The Balaban J connectivity index is 2.12. The van der Waals surface area contributed by atoms with E-state index in [4.69, 9.17) is 10.5 Å². The molecule has 0 aliphatic rings. The van der Waals surface area contributed by atoms with Crippen molar-refractivity contribution in [3.05, 3.63) is 58.3 Å². The molecule has 2 N–H and O–H groups in total. The molecule has 2 aromatic rings. The number of nitrogens with two attached hydrogens (primary N) is 1. The quantitative estimate of drug-likeness (QED) is 0.877. The Morgan fingerprint density at radius 1 is 1.16 bits per heavy atom. The van der Waals surface area contributed by atoms with Gasteiger partial charge in [0, 0.05) is 6.04 Å². The Morgan fingerprint density at radius 2 is 1.79 bits per heavy atom. The van der Waals surface area contributed by atoms with Gasteiger partial charge in [0.05, 0.1) is 4.47 Å². The molecule has 4 heteroatoms. The van der Waals surface area contributed by atoms with E-state index in [0.717, 1.165) is 12.0 Å². The summed E-state index contributed by atoms with van der Waals surface area (Å²) in [6.45, 7) is 2.05. The van der Waals surface area contributed by atoms with Gasteiger partial charge in [-0.15, -0.1) is 0 Å². The highest BCUT2D eigenvalue weighted by Gasteiger charge is 2.05. The van der Waals surface area contributed by atoms with Crippen molar-refractivity contribution in [2.24, 2.45) is 5.73 Å². The van der Waals surface area contributed by atoms with Crippen LogP contribution in [0.5, 0.6) is 11.5 Å². The second kappa shape index (κ2) is 6.17. The minimum atomic E-state index is -0.309. The van der Waals surface area contributed by atoms with Gasteiger partial charge in [0.15, 0.2) is 0 Å². The van der Waals surface area contributed by atoms with Crippen molar-refractivity contribution in [3.63, 3.8) is 0 Å². The lowest BCUT2D eigenvalue weighted by Crippen LogP contribution is -2.07. The first-order valence-corrected chi connectivity index (χ1v) is 6.88. The van der Waals surface area contributed by atoms with Crippen LogP contribution in [-0.4, -0.2) is 0 Å². The van der Waals surface area contributed by atoms with E-state index in [-0.39, 0.29) is 11.9 Å². The molecule has 0 spiro atoms. The molecule has 0 amide bonds. The summed E-state index contributed by atoms with van der Waals surface area (Å²) in [5.41, 5.74) is 7.02. The average molecular weight is 324 g/mol. The highest BCUT2D eigenvalue weighted by molar-refractivity contribution is 9.10. The Hall–Kier alpha value is -1.39. The maximum Gasteiger partial charge on any atom is 0.137 e. The number of ether oxygens (including phenoxy) is 1. The van der Waals surface area contributed by atoms with Crippen molar-refractivity contribution in [2.75, 3.05) is 0 Å². The molecular formula is C15H15BrFNO. The fourth-order valence-electron chi connectivity index (χ4n) is 1.70. The van der Waals surface area contributed by atoms with Crippen molar-refractivity contribution < 1.29 is 9.13 Å². The maximum atomic E-state index is 13.1. The fourth-order valence-corrected chi connectivity index (χ4v) is 2.05. The number of hydrogen-bond acceptors (Lipinski definition) is 2. The van der Waals surface area contributed by atoms with E-state index in [9.17, 15) is 4.39 Å². The summed E-state index contributed by atoms with van der Waals surface area (Å²) in [6, 6.07) is 12.2. The van der Waals surface area contributed by atoms with Crippen LogP contribution in [0.4, 0.5) is 4.39 Å². The molecule has 0 aliphatic carbocycles. The summed E-state index contributed by atoms with van der Waals surface area (Å²) in [7, 11) is 0. The molecule has 0 aliphatic heterocycles. The lowest BCUT2D eigenvalue weighted by atomic mass is 10.1. The Morgan fingerprint density at radius 3 is 2.37 bits per heavy atom. The zero-order valence-electron chi connectivity index (χ0n) is 10.6. The van der Waals surface area contributed by atoms with E-state index in [1.807, 2.05) is 31.2 Å². The highest BCUT2D eigenvalue weighted by atomic mass is 79.9. The summed E-state index contributed by atoms with van der Waals surface area (Å²) >= 11 is 3.13. The minimum Gasteiger partial charge on any atom is -0.457 e. The average Bonchev–Trinajstić information content (AvgIpc) is 2.43. The molecule has 0 saturated heterocycles. The van der Waals surface area contributed by atoms with Crippen LogP contribution in [0.1, 0.15) is 24.9 Å². The monoisotopic (exact) mass is 323 g/mol. The Kier molecular flexibility index (Phi) is 4.56. The van der Waals surface area contributed by atoms with E-state index < -0.39 is 0 Å². The van der Waals surface area contributed by atoms with Gasteiger partial charge < -0.3 is 10.5 Å². The molecule has 0 aromatic heterocycles. The molecule has 0 unspecified atom stereocenters. The van der Waals surface area contributed by atoms with Crippen LogP contribution in [0, 0.1) is 5.82 Å². The van der Waals surface area contributed by atoms with E-state index >= 15 is 0 Å². The molecule has 1 atom stereocenters. The molecule has 2 nitrogen and oxygen atoms in total. The van der Waals surface area contributed by atoms with Crippen molar-refractivity contribution in [1.29, 1.82) is 0 Å². The molecule has 0 fully saturated rings. The molecule has 2 aromatic carbocycles. The van der Waals surface area contributed by atoms with Gasteiger partial charge in [-0.2, -0.15) is 0 Å². The van der Waals surface area contributed by atoms with E-state index in [0.29, 0.717) is 16.0 Å². The van der Waals surface area contributed by atoms with Gasteiger partial charge >= 0.3 is 0 Å². The predicted molar refractivity (Wildman–Crippen MR) is 77.8 cm³/mol. The summed E-state index contributed by atoms with van der Waals surface area (Å²) < 4.78 is 19.1. The van der Waals surface area contributed by atoms with Crippen LogP contribution in [0.2, 0.25) is 0 Å². The van der Waals surface area contributed by atoms with Gasteiger partial charge in [0.1, 0.15) is 17.3 Å². The topological polar surface area (TPSA) is 35.2 Å². The van der Waals surface area contributed by atoms with E-state index in [1.165, 1.54) is 6.07 Å². The predicted octanol–water partition coefficient (Wildman–Crippen LogP) is 4.79. The number of rotatable bonds is 4. The summed E-state index contributed by atoms with van der Waals surface area (Å²) in [6.07, 6.45) is 0.894. The third-order valence-electron chi connectivity index (χ3n) is 2.87. The largest absolute Gasteiger partial charge is 0.457 e. The van der Waals surface area contributed by atoms with Gasteiger partial charge in [0.25, 0.3) is 0 Å². The van der Waals surface area contributed by atoms with Crippen molar-refractivity contribution in [1.82, 2.24) is 0 Å². The molecule has 2 rings (SSSR count). The molecule has 19 heavy (non-hydrogen) atoms. The second-order valence-corrected chi connectivity index (χ2v) is 5.12. The summed E-state index contributed by atoms with van der Waals surface area (Å²) in [5.74, 6) is 0.975. The SMILES string of the molecule is CC[C@@H](N)c1ccc(Oc2ccc(F)c(Br)c2)cc1. The molecule has 0 saturated carbocycles. The molecule has 100 valence electrons.